The Balaban J connectivity index is 3.27. The SMILES string of the molecule is CCCSC(C)C(=N)N. The van der Waals surface area contributed by atoms with E-state index in [-0.39, 0.29) is 11.1 Å². The molecular weight excluding hydrogens is 132 g/mol. The van der Waals surface area contributed by atoms with Crippen molar-refractivity contribution in [1.82, 2.24) is 0 Å². The molecule has 0 spiro atoms. The zero-order valence-electron chi connectivity index (χ0n) is 5.98. The number of amidine groups is 1. The molecule has 0 heterocycles. The van der Waals surface area contributed by atoms with Gasteiger partial charge in [0.05, 0.1) is 5.25 Å². The molecule has 3 N–H and O–H groups in total. The van der Waals surface area contributed by atoms with Gasteiger partial charge in [-0.05, 0) is 19.1 Å². The molecular formula is C6H14N2S. The minimum Gasteiger partial charge on any atom is -0.387 e. The van der Waals surface area contributed by atoms with Crippen molar-refractivity contribution < 1.29 is 0 Å². The lowest BCUT2D eigenvalue weighted by molar-refractivity contribution is 1.10. The van der Waals surface area contributed by atoms with Crippen molar-refractivity contribution in [2.45, 2.75) is 25.5 Å². The van der Waals surface area contributed by atoms with E-state index in [1.807, 2.05) is 6.92 Å². The predicted molar refractivity (Wildman–Crippen MR) is 44.1 cm³/mol. The minimum atomic E-state index is 0.199. The van der Waals surface area contributed by atoms with Crippen molar-refractivity contribution in [3.63, 3.8) is 0 Å². The van der Waals surface area contributed by atoms with Crippen LogP contribution in [0.4, 0.5) is 0 Å². The summed E-state index contributed by atoms with van der Waals surface area (Å²) in [5.74, 6) is 1.38. The maximum atomic E-state index is 7.04. The third kappa shape index (κ3) is 4.33. The molecule has 9 heavy (non-hydrogen) atoms. The van der Waals surface area contributed by atoms with Gasteiger partial charge in [0.15, 0.2) is 0 Å². The van der Waals surface area contributed by atoms with Crippen molar-refractivity contribution >= 4 is 17.6 Å². The molecule has 0 aliphatic rings. The maximum absolute atomic E-state index is 7.04. The van der Waals surface area contributed by atoms with E-state index in [0.717, 1.165) is 12.2 Å². The van der Waals surface area contributed by atoms with Gasteiger partial charge in [0.1, 0.15) is 5.84 Å². The van der Waals surface area contributed by atoms with Crippen molar-refractivity contribution in [3.05, 3.63) is 0 Å². The first-order chi connectivity index (χ1) is 4.18. The maximum Gasteiger partial charge on any atom is 0.104 e. The topological polar surface area (TPSA) is 49.9 Å². The van der Waals surface area contributed by atoms with E-state index >= 15 is 0 Å². The Kier molecular flexibility index (Phi) is 4.58. The minimum absolute atomic E-state index is 0.199. The molecule has 0 fully saturated rings. The van der Waals surface area contributed by atoms with Gasteiger partial charge in [-0.25, -0.2) is 0 Å². The lowest BCUT2D eigenvalue weighted by Crippen LogP contribution is -2.21. The summed E-state index contributed by atoms with van der Waals surface area (Å²) in [4.78, 5) is 0. The van der Waals surface area contributed by atoms with Crippen LogP contribution < -0.4 is 5.73 Å². The monoisotopic (exact) mass is 146 g/mol. The Morgan fingerprint density at radius 3 is 2.67 bits per heavy atom. The van der Waals surface area contributed by atoms with Gasteiger partial charge in [0.25, 0.3) is 0 Å². The fraction of sp³-hybridized carbons (Fsp3) is 0.833. The zero-order valence-corrected chi connectivity index (χ0v) is 6.79. The predicted octanol–water partition coefficient (Wildman–Crippen LogP) is 1.45. The fourth-order valence-corrected chi connectivity index (χ4v) is 1.15. The standard InChI is InChI=1S/C6H14N2S/c1-3-4-9-5(2)6(7)8/h5H,3-4H2,1-2H3,(H3,7,8). The van der Waals surface area contributed by atoms with Crippen LogP contribution in [0.1, 0.15) is 20.3 Å². The first kappa shape index (κ1) is 8.82. The molecule has 2 nitrogen and oxygen atoms in total. The Morgan fingerprint density at radius 2 is 2.33 bits per heavy atom. The summed E-state index contributed by atoms with van der Waals surface area (Å²) >= 11 is 1.73. The first-order valence-electron chi connectivity index (χ1n) is 3.14. The summed E-state index contributed by atoms with van der Waals surface area (Å²) in [6, 6.07) is 0. The van der Waals surface area contributed by atoms with Gasteiger partial charge in [0.2, 0.25) is 0 Å². The van der Waals surface area contributed by atoms with Crippen molar-refractivity contribution in [2.24, 2.45) is 5.73 Å². The van der Waals surface area contributed by atoms with Crippen molar-refractivity contribution in [1.29, 1.82) is 5.41 Å². The Morgan fingerprint density at radius 1 is 1.78 bits per heavy atom. The van der Waals surface area contributed by atoms with E-state index in [0.29, 0.717) is 0 Å². The van der Waals surface area contributed by atoms with Gasteiger partial charge in [-0.1, -0.05) is 6.92 Å². The molecule has 0 radical (unpaired) electrons. The van der Waals surface area contributed by atoms with Crippen LogP contribution in [-0.4, -0.2) is 16.8 Å². The number of hydrogen-bond acceptors (Lipinski definition) is 2. The van der Waals surface area contributed by atoms with E-state index in [4.69, 9.17) is 11.1 Å². The van der Waals surface area contributed by atoms with Crippen LogP contribution in [0.2, 0.25) is 0 Å². The average Bonchev–Trinajstić information content (AvgIpc) is 1.82. The number of nitrogens with two attached hydrogens (primary N) is 1. The number of rotatable bonds is 4. The van der Waals surface area contributed by atoms with Crippen molar-refractivity contribution in [2.75, 3.05) is 5.75 Å². The molecule has 0 saturated carbocycles. The van der Waals surface area contributed by atoms with Gasteiger partial charge in [-0.3, -0.25) is 5.41 Å². The Labute approximate surface area is 60.7 Å². The molecule has 54 valence electrons. The van der Waals surface area contributed by atoms with Gasteiger partial charge >= 0.3 is 0 Å². The second-order valence-electron chi connectivity index (χ2n) is 1.97. The highest BCUT2D eigenvalue weighted by Gasteiger charge is 2.02. The second-order valence-corrected chi connectivity index (χ2v) is 3.42. The summed E-state index contributed by atoms with van der Waals surface area (Å²) < 4.78 is 0. The van der Waals surface area contributed by atoms with Gasteiger partial charge in [0, 0.05) is 0 Å². The third-order valence-corrected chi connectivity index (χ3v) is 2.41. The van der Waals surface area contributed by atoms with Crippen LogP contribution in [-0.2, 0) is 0 Å². The van der Waals surface area contributed by atoms with E-state index in [9.17, 15) is 0 Å². The van der Waals surface area contributed by atoms with Gasteiger partial charge in [-0.2, -0.15) is 11.8 Å². The van der Waals surface area contributed by atoms with E-state index in [1.165, 1.54) is 0 Å². The van der Waals surface area contributed by atoms with Crippen LogP contribution in [0, 0.1) is 5.41 Å². The molecule has 3 heteroatoms. The zero-order chi connectivity index (χ0) is 7.28. The summed E-state index contributed by atoms with van der Waals surface area (Å²) in [6.45, 7) is 4.09. The van der Waals surface area contributed by atoms with Crippen LogP contribution in [0.5, 0.6) is 0 Å². The van der Waals surface area contributed by atoms with Crippen LogP contribution >= 0.6 is 11.8 Å². The molecule has 0 aromatic carbocycles. The van der Waals surface area contributed by atoms with Gasteiger partial charge < -0.3 is 5.73 Å². The largest absolute Gasteiger partial charge is 0.387 e. The number of hydrogen-bond donors (Lipinski definition) is 2. The van der Waals surface area contributed by atoms with E-state index in [2.05, 4.69) is 6.92 Å². The normalized spacial score (nSPS) is 13.1. The average molecular weight is 146 g/mol. The molecule has 0 aliphatic carbocycles. The van der Waals surface area contributed by atoms with Crippen LogP contribution in [0.25, 0.3) is 0 Å². The summed E-state index contributed by atoms with van der Waals surface area (Å²) in [5.41, 5.74) is 5.24. The van der Waals surface area contributed by atoms with Gasteiger partial charge in [-0.15, -0.1) is 0 Å². The molecule has 0 aromatic heterocycles. The molecule has 0 aliphatic heterocycles. The van der Waals surface area contributed by atoms with Crippen LogP contribution in [0.15, 0.2) is 0 Å². The Hall–Kier alpha value is -0.180. The van der Waals surface area contributed by atoms with Crippen LogP contribution in [0.3, 0.4) is 0 Å². The summed E-state index contributed by atoms with van der Waals surface area (Å²) in [5, 5.41) is 7.23. The van der Waals surface area contributed by atoms with E-state index < -0.39 is 0 Å². The molecule has 0 saturated heterocycles. The first-order valence-corrected chi connectivity index (χ1v) is 4.18. The highest BCUT2D eigenvalue weighted by atomic mass is 32.2. The number of nitrogens with one attached hydrogen (secondary N) is 1. The molecule has 0 aromatic rings. The lowest BCUT2D eigenvalue weighted by atomic mass is 10.4. The highest BCUT2D eigenvalue weighted by Crippen LogP contribution is 2.09. The smallest absolute Gasteiger partial charge is 0.104 e. The van der Waals surface area contributed by atoms with E-state index in [1.54, 1.807) is 11.8 Å². The molecule has 0 amide bonds. The second kappa shape index (κ2) is 4.68. The quantitative estimate of drug-likeness (QED) is 0.466. The highest BCUT2D eigenvalue weighted by molar-refractivity contribution is 8.00. The molecule has 0 rings (SSSR count). The molecule has 0 bridgehead atoms. The molecule has 1 unspecified atom stereocenters. The summed E-state index contributed by atoms with van der Waals surface area (Å²) in [7, 11) is 0. The summed E-state index contributed by atoms with van der Waals surface area (Å²) in [6.07, 6.45) is 1.16. The fourth-order valence-electron chi connectivity index (χ4n) is 0.384. The lowest BCUT2D eigenvalue weighted by Gasteiger charge is -2.06. The third-order valence-electron chi connectivity index (χ3n) is 1.01. The Bertz CT molecular complexity index is 93.1. The molecule has 1 atom stereocenters. The van der Waals surface area contributed by atoms with Crippen molar-refractivity contribution in [3.8, 4) is 0 Å². The number of thioether (sulfide) groups is 1.